The van der Waals surface area contributed by atoms with Crippen LogP contribution in [0.4, 0.5) is 0 Å². The zero-order chi connectivity index (χ0) is 15.7. The molecular weight excluding hydrogens is 262 g/mol. The fraction of sp³-hybridized carbons (Fsp3) is 0.667. The Kier molecular flexibility index (Phi) is 7.76. The quantitative estimate of drug-likeness (QED) is 0.753. The smallest absolute Gasteiger partial charge is 0.122 e. The average molecular weight is 293 g/mol. The van der Waals surface area contributed by atoms with E-state index in [9.17, 15) is 0 Å². The third kappa shape index (κ3) is 7.49. The van der Waals surface area contributed by atoms with E-state index >= 15 is 0 Å². The summed E-state index contributed by atoms with van der Waals surface area (Å²) in [6.45, 7) is 11.3. The molecule has 0 aromatic heterocycles. The van der Waals surface area contributed by atoms with Crippen molar-refractivity contribution in [3.8, 4) is 5.75 Å². The van der Waals surface area contributed by atoms with Crippen molar-refractivity contribution >= 4 is 0 Å². The lowest BCUT2D eigenvalue weighted by Gasteiger charge is -2.23. The minimum Gasteiger partial charge on any atom is -0.496 e. The van der Waals surface area contributed by atoms with Crippen LogP contribution in [0.25, 0.3) is 0 Å². The predicted octanol–water partition coefficient (Wildman–Crippen LogP) is 3.67. The molecule has 1 unspecified atom stereocenters. The van der Waals surface area contributed by atoms with Gasteiger partial charge >= 0.3 is 0 Å². The van der Waals surface area contributed by atoms with Crippen LogP contribution >= 0.6 is 0 Å². The van der Waals surface area contributed by atoms with Crippen molar-refractivity contribution in [1.82, 2.24) is 5.32 Å². The summed E-state index contributed by atoms with van der Waals surface area (Å²) in [6.07, 6.45) is 2.08. The summed E-state index contributed by atoms with van der Waals surface area (Å²) in [5.41, 5.74) is 1.21. The fourth-order valence-corrected chi connectivity index (χ4v) is 2.34. The Morgan fingerprint density at radius 1 is 1.19 bits per heavy atom. The van der Waals surface area contributed by atoms with Gasteiger partial charge in [0.1, 0.15) is 5.75 Å². The van der Waals surface area contributed by atoms with E-state index in [1.165, 1.54) is 5.56 Å². The van der Waals surface area contributed by atoms with E-state index in [2.05, 4.69) is 45.1 Å². The van der Waals surface area contributed by atoms with Crippen molar-refractivity contribution in [2.45, 2.75) is 46.1 Å². The zero-order valence-electron chi connectivity index (χ0n) is 14.2. The molecular formula is C18H31NO2. The van der Waals surface area contributed by atoms with Gasteiger partial charge in [-0.2, -0.15) is 0 Å². The summed E-state index contributed by atoms with van der Waals surface area (Å²) in [4.78, 5) is 0. The molecule has 0 bridgehead atoms. The first-order chi connectivity index (χ1) is 9.96. The second-order valence-electron chi connectivity index (χ2n) is 6.44. The van der Waals surface area contributed by atoms with Gasteiger partial charge in [0.15, 0.2) is 0 Å². The highest BCUT2D eigenvalue weighted by atomic mass is 16.5. The van der Waals surface area contributed by atoms with Gasteiger partial charge in [-0.15, -0.1) is 0 Å². The van der Waals surface area contributed by atoms with E-state index in [1.807, 2.05) is 12.1 Å². The molecule has 0 amide bonds. The van der Waals surface area contributed by atoms with Gasteiger partial charge in [-0.25, -0.2) is 0 Å². The number of ether oxygens (including phenoxy) is 2. The van der Waals surface area contributed by atoms with Gasteiger partial charge < -0.3 is 14.8 Å². The summed E-state index contributed by atoms with van der Waals surface area (Å²) in [5.74, 6) is 1.54. The molecule has 3 nitrogen and oxygen atoms in total. The molecule has 21 heavy (non-hydrogen) atoms. The molecule has 0 heterocycles. The Morgan fingerprint density at radius 2 is 1.90 bits per heavy atom. The Bertz CT molecular complexity index is 398. The number of benzene rings is 1. The lowest BCUT2D eigenvalue weighted by atomic mass is 9.95. The maximum Gasteiger partial charge on any atom is 0.122 e. The van der Waals surface area contributed by atoms with Crippen LogP contribution in [0.2, 0.25) is 0 Å². The van der Waals surface area contributed by atoms with Crippen LogP contribution in [0.5, 0.6) is 5.75 Å². The number of hydrogen-bond acceptors (Lipinski definition) is 3. The van der Waals surface area contributed by atoms with Crippen LogP contribution < -0.4 is 10.1 Å². The van der Waals surface area contributed by atoms with Gasteiger partial charge in [0.25, 0.3) is 0 Å². The number of hydrogen-bond donors (Lipinski definition) is 1. The summed E-state index contributed by atoms with van der Waals surface area (Å²) >= 11 is 0. The van der Waals surface area contributed by atoms with Crippen LogP contribution in [0.15, 0.2) is 24.3 Å². The van der Waals surface area contributed by atoms with Gasteiger partial charge in [-0.3, -0.25) is 0 Å². The largest absolute Gasteiger partial charge is 0.496 e. The highest BCUT2D eigenvalue weighted by Crippen LogP contribution is 2.22. The highest BCUT2D eigenvalue weighted by Gasteiger charge is 2.15. The second kappa shape index (κ2) is 9.06. The van der Waals surface area contributed by atoms with Crippen LogP contribution in [0.3, 0.4) is 0 Å². The van der Waals surface area contributed by atoms with Crippen LogP contribution in [0.1, 0.15) is 39.7 Å². The third-order valence-corrected chi connectivity index (χ3v) is 3.45. The molecule has 3 heteroatoms. The molecule has 0 spiro atoms. The SMILES string of the molecule is CCNCC(CCOC(C)(C)C)Cc1ccccc1OC. The summed E-state index contributed by atoms with van der Waals surface area (Å²) in [7, 11) is 1.74. The molecule has 0 fully saturated rings. The molecule has 1 aromatic rings. The number of rotatable bonds is 9. The minimum absolute atomic E-state index is 0.0623. The Balaban J connectivity index is 2.60. The first-order valence-electron chi connectivity index (χ1n) is 7.93. The third-order valence-electron chi connectivity index (χ3n) is 3.45. The normalized spacial score (nSPS) is 13.2. The highest BCUT2D eigenvalue weighted by molar-refractivity contribution is 5.33. The van der Waals surface area contributed by atoms with E-state index in [4.69, 9.17) is 9.47 Å². The van der Waals surface area contributed by atoms with E-state index in [1.54, 1.807) is 7.11 Å². The number of para-hydroxylation sites is 1. The maximum absolute atomic E-state index is 5.88. The van der Waals surface area contributed by atoms with Crippen molar-refractivity contribution in [3.63, 3.8) is 0 Å². The maximum atomic E-state index is 5.88. The first kappa shape index (κ1) is 18.0. The molecule has 0 aliphatic rings. The molecule has 0 saturated carbocycles. The van der Waals surface area contributed by atoms with Crippen molar-refractivity contribution < 1.29 is 9.47 Å². The average Bonchev–Trinajstić information content (AvgIpc) is 2.43. The van der Waals surface area contributed by atoms with Gasteiger partial charge in [0.05, 0.1) is 12.7 Å². The lowest BCUT2D eigenvalue weighted by Crippen LogP contribution is -2.27. The van der Waals surface area contributed by atoms with Crippen molar-refractivity contribution in [3.05, 3.63) is 29.8 Å². The first-order valence-corrected chi connectivity index (χ1v) is 7.93. The fourth-order valence-electron chi connectivity index (χ4n) is 2.34. The van der Waals surface area contributed by atoms with Crippen LogP contribution in [0, 0.1) is 5.92 Å². The Labute approximate surface area is 130 Å². The summed E-state index contributed by atoms with van der Waals surface area (Å²) in [5, 5.41) is 3.46. The molecule has 0 aliphatic heterocycles. The molecule has 1 rings (SSSR count). The standard InChI is InChI=1S/C18H31NO2/c1-6-19-14-15(11-12-21-18(2,3)4)13-16-9-7-8-10-17(16)20-5/h7-10,15,19H,6,11-14H2,1-5H3. The van der Waals surface area contributed by atoms with Gasteiger partial charge in [0.2, 0.25) is 0 Å². The van der Waals surface area contributed by atoms with Crippen molar-refractivity contribution in [2.24, 2.45) is 5.92 Å². The summed E-state index contributed by atoms with van der Waals surface area (Å²) in [6, 6.07) is 8.28. The summed E-state index contributed by atoms with van der Waals surface area (Å²) < 4.78 is 11.3. The van der Waals surface area contributed by atoms with E-state index < -0.39 is 0 Å². The lowest BCUT2D eigenvalue weighted by molar-refractivity contribution is -0.00920. The second-order valence-corrected chi connectivity index (χ2v) is 6.44. The molecule has 1 atom stereocenters. The number of nitrogens with one attached hydrogen (secondary N) is 1. The predicted molar refractivity (Wildman–Crippen MR) is 89.1 cm³/mol. The van der Waals surface area contributed by atoms with Crippen LogP contribution in [-0.4, -0.2) is 32.4 Å². The molecule has 1 aromatic carbocycles. The molecule has 0 aliphatic carbocycles. The minimum atomic E-state index is -0.0623. The van der Waals surface area contributed by atoms with E-state index in [0.717, 1.165) is 38.3 Å². The zero-order valence-corrected chi connectivity index (χ0v) is 14.2. The van der Waals surface area contributed by atoms with E-state index in [0.29, 0.717) is 5.92 Å². The Morgan fingerprint density at radius 3 is 2.52 bits per heavy atom. The van der Waals surface area contributed by atoms with Gasteiger partial charge in [-0.1, -0.05) is 25.1 Å². The van der Waals surface area contributed by atoms with Gasteiger partial charge in [-0.05, 0) is 64.3 Å². The van der Waals surface area contributed by atoms with Gasteiger partial charge in [0, 0.05) is 6.61 Å². The molecule has 120 valence electrons. The van der Waals surface area contributed by atoms with Crippen molar-refractivity contribution in [2.75, 3.05) is 26.8 Å². The van der Waals surface area contributed by atoms with E-state index in [-0.39, 0.29) is 5.60 Å². The monoisotopic (exact) mass is 293 g/mol. The van der Waals surface area contributed by atoms with Crippen LogP contribution in [-0.2, 0) is 11.2 Å². The number of methoxy groups -OCH3 is 1. The Hall–Kier alpha value is -1.06. The van der Waals surface area contributed by atoms with Crippen molar-refractivity contribution in [1.29, 1.82) is 0 Å². The molecule has 0 radical (unpaired) electrons. The molecule has 1 N–H and O–H groups in total. The molecule has 0 saturated heterocycles. The topological polar surface area (TPSA) is 30.5 Å².